The Morgan fingerprint density at radius 1 is 1.00 bits per heavy atom. The first-order valence-corrected chi connectivity index (χ1v) is 11.1. The minimum absolute atomic E-state index is 0.603. The number of hydrogen-bond donors (Lipinski definition) is 1. The third-order valence-electron chi connectivity index (χ3n) is 5.54. The molecule has 4 nitrogen and oxygen atoms in total. The number of rotatable bonds is 4. The summed E-state index contributed by atoms with van der Waals surface area (Å²) in [6, 6.07) is 4.45. The van der Waals surface area contributed by atoms with Crippen molar-refractivity contribution in [2.75, 3.05) is 25.0 Å². The van der Waals surface area contributed by atoms with Crippen LogP contribution in [0.15, 0.2) is 24.5 Å². The van der Waals surface area contributed by atoms with E-state index in [1.807, 2.05) is 0 Å². The average Bonchev–Trinajstić information content (AvgIpc) is 2.73. The topological polar surface area (TPSA) is 55.0 Å². The Kier molecular flexibility index (Phi) is 11.9. The van der Waals surface area contributed by atoms with Gasteiger partial charge in [0.1, 0.15) is 0 Å². The second-order valence-electron chi connectivity index (χ2n) is 7.80. The molecule has 2 aromatic rings. The number of unbranched alkanes of at least 4 members (excludes halogenated alkanes) is 1. The molecule has 0 bridgehead atoms. The summed E-state index contributed by atoms with van der Waals surface area (Å²) in [7, 11) is 1.50. The van der Waals surface area contributed by atoms with Crippen molar-refractivity contribution in [3.8, 4) is 0 Å². The summed E-state index contributed by atoms with van der Waals surface area (Å²) in [6.45, 7) is 13.1. The summed E-state index contributed by atoms with van der Waals surface area (Å²) in [5.41, 5.74) is 10.1. The predicted octanol–water partition coefficient (Wildman–Crippen LogP) is 6.03. The number of anilines is 1. The van der Waals surface area contributed by atoms with Crippen LogP contribution < -0.4 is 10.6 Å². The monoisotopic (exact) mass is 418 g/mol. The van der Waals surface area contributed by atoms with Crippen LogP contribution in [-0.2, 0) is 0 Å². The van der Waals surface area contributed by atoms with E-state index in [4.69, 9.17) is 11.6 Å². The van der Waals surface area contributed by atoms with Crippen LogP contribution in [0.25, 0.3) is 0 Å². The maximum absolute atomic E-state index is 5.79. The molecular formula is C24H39ClN4. The highest BCUT2D eigenvalue weighted by molar-refractivity contribution is 6.30. The van der Waals surface area contributed by atoms with Crippen molar-refractivity contribution >= 4 is 17.5 Å². The normalized spacial score (nSPS) is 13.9. The largest absolute Gasteiger partial charge is 0.341 e. The molecule has 0 saturated carbocycles. The number of halogens is 1. The Morgan fingerprint density at radius 2 is 1.52 bits per heavy atom. The molecule has 1 aliphatic heterocycles. The molecule has 162 valence electrons. The van der Waals surface area contributed by atoms with Crippen LogP contribution in [0.4, 0.5) is 5.95 Å². The molecule has 2 N–H and O–H groups in total. The number of piperidine rings is 1. The highest BCUT2D eigenvalue weighted by Gasteiger charge is 2.20. The van der Waals surface area contributed by atoms with Gasteiger partial charge in [0.2, 0.25) is 5.95 Å². The van der Waals surface area contributed by atoms with Crippen LogP contribution in [-0.4, -0.2) is 30.1 Å². The van der Waals surface area contributed by atoms with Crippen LogP contribution in [0, 0.1) is 33.6 Å². The molecule has 3 rings (SSSR count). The van der Waals surface area contributed by atoms with Crippen molar-refractivity contribution in [2.45, 2.75) is 66.7 Å². The van der Waals surface area contributed by atoms with Gasteiger partial charge in [0.15, 0.2) is 0 Å². The maximum atomic E-state index is 5.79. The van der Waals surface area contributed by atoms with Crippen LogP contribution in [0.1, 0.15) is 61.3 Å². The van der Waals surface area contributed by atoms with Gasteiger partial charge in [0, 0.05) is 13.1 Å². The fourth-order valence-corrected chi connectivity index (χ4v) is 3.73. The zero-order valence-corrected chi connectivity index (χ0v) is 19.9. The lowest BCUT2D eigenvalue weighted by atomic mass is 9.92. The van der Waals surface area contributed by atoms with E-state index in [0.29, 0.717) is 5.02 Å². The fraction of sp³-hybridized carbons (Fsp3) is 0.583. The molecule has 0 atom stereocenters. The van der Waals surface area contributed by atoms with Gasteiger partial charge in [0.25, 0.3) is 0 Å². The smallest absolute Gasteiger partial charge is 0.225 e. The molecular weight excluding hydrogens is 380 g/mol. The van der Waals surface area contributed by atoms with E-state index in [-0.39, 0.29) is 0 Å². The van der Waals surface area contributed by atoms with E-state index in [2.05, 4.69) is 67.4 Å². The van der Waals surface area contributed by atoms with Gasteiger partial charge in [0.05, 0.1) is 17.4 Å². The number of benzene rings is 1. The Morgan fingerprint density at radius 3 is 2.00 bits per heavy atom. The van der Waals surface area contributed by atoms with E-state index >= 15 is 0 Å². The summed E-state index contributed by atoms with van der Waals surface area (Å²) in [4.78, 5) is 10.8. The Bertz CT molecular complexity index is 684. The molecule has 0 radical (unpaired) electrons. The molecule has 0 unspecified atom stereocenters. The van der Waals surface area contributed by atoms with Crippen LogP contribution in [0.5, 0.6) is 0 Å². The SMILES string of the molecule is CCCCC1CCN(c2ncc(Cl)cn2)CC1.CN.Cc1cc(C)c(C)c(C)c1. The van der Waals surface area contributed by atoms with E-state index in [0.717, 1.165) is 25.0 Å². The second-order valence-corrected chi connectivity index (χ2v) is 8.23. The van der Waals surface area contributed by atoms with Crippen molar-refractivity contribution in [3.63, 3.8) is 0 Å². The lowest BCUT2D eigenvalue weighted by molar-refractivity contribution is 0.369. The Labute approximate surface area is 182 Å². The van der Waals surface area contributed by atoms with E-state index in [9.17, 15) is 0 Å². The van der Waals surface area contributed by atoms with Gasteiger partial charge < -0.3 is 10.6 Å². The zero-order chi connectivity index (χ0) is 21.8. The molecule has 5 heteroatoms. The van der Waals surface area contributed by atoms with Gasteiger partial charge in [-0.1, -0.05) is 55.5 Å². The molecule has 1 aromatic heterocycles. The van der Waals surface area contributed by atoms with Crippen molar-refractivity contribution < 1.29 is 0 Å². The zero-order valence-electron chi connectivity index (χ0n) is 19.1. The molecule has 0 aliphatic carbocycles. The lowest BCUT2D eigenvalue weighted by Crippen LogP contribution is -2.34. The minimum atomic E-state index is 0.603. The summed E-state index contributed by atoms with van der Waals surface area (Å²) in [5, 5.41) is 0.603. The molecule has 2 heterocycles. The molecule has 1 aliphatic rings. The summed E-state index contributed by atoms with van der Waals surface area (Å²) in [5.74, 6) is 1.72. The molecule has 0 spiro atoms. The second kappa shape index (κ2) is 13.6. The standard InChI is InChI=1S/C13H20ClN3.C10H14.CH5N/c1-2-3-4-11-5-7-17(8-6-11)13-15-9-12(14)10-16-13;1-7-5-8(2)10(4)9(3)6-7;1-2/h9-11H,2-8H2,1H3;5-6H,1-4H3;2H2,1H3. The number of hydrogen-bond acceptors (Lipinski definition) is 4. The lowest BCUT2D eigenvalue weighted by Gasteiger charge is -2.31. The van der Waals surface area contributed by atoms with Gasteiger partial charge in [-0.05, 0) is 70.2 Å². The van der Waals surface area contributed by atoms with Crippen molar-refractivity contribution in [2.24, 2.45) is 11.7 Å². The Balaban J connectivity index is 0.000000299. The van der Waals surface area contributed by atoms with E-state index < -0.39 is 0 Å². The fourth-order valence-electron chi connectivity index (χ4n) is 3.64. The van der Waals surface area contributed by atoms with Gasteiger partial charge in [-0.3, -0.25) is 0 Å². The number of aromatic nitrogens is 2. The van der Waals surface area contributed by atoms with Crippen LogP contribution >= 0.6 is 11.6 Å². The highest BCUT2D eigenvalue weighted by Crippen LogP contribution is 2.24. The molecule has 1 fully saturated rings. The van der Waals surface area contributed by atoms with Crippen molar-refractivity contribution in [1.82, 2.24) is 9.97 Å². The first kappa shape index (κ1) is 25.4. The van der Waals surface area contributed by atoms with Gasteiger partial charge in [-0.15, -0.1) is 0 Å². The number of nitrogens with two attached hydrogens (primary N) is 1. The van der Waals surface area contributed by atoms with Gasteiger partial charge in [-0.2, -0.15) is 0 Å². The summed E-state index contributed by atoms with van der Waals surface area (Å²) >= 11 is 5.79. The third kappa shape index (κ3) is 8.71. The van der Waals surface area contributed by atoms with Crippen LogP contribution in [0.3, 0.4) is 0 Å². The predicted molar refractivity (Wildman–Crippen MR) is 127 cm³/mol. The first-order valence-electron chi connectivity index (χ1n) is 10.7. The van der Waals surface area contributed by atoms with Crippen LogP contribution in [0.2, 0.25) is 5.02 Å². The van der Waals surface area contributed by atoms with E-state index in [1.54, 1.807) is 12.4 Å². The van der Waals surface area contributed by atoms with Gasteiger partial charge in [-0.25, -0.2) is 9.97 Å². The molecule has 29 heavy (non-hydrogen) atoms. The highest BCUT2D eigenvalue weighted by atomic mass is 35.5. The molecule has 1 aromatic carbocycles. The molecule has 1 saturated heterocycles. The first-order chi connectivity index (χ1) is 13.9. The summed E-state index contributed by atoms with van der Waals surface area (Å²) in [6.07, 6.45) is 9.94. The summed E-state index contributed by atoms with van der Waals surface area (Å²) < 4.78 is 0. The number of nitrogens with zero attached hydrogens (tertiary/aromatic N) is 3. The maximum Gasteiger partial charge on any atom is 0.225 e. The Hall–Kier alpha value is -1.65. The average molecular weight is 419 g/mol. The van der Waals surface area contributed by atoms with Gasteiger partial charge >= 0.3 is 0 Å². The molecule has 0 amide bonds. The van der Waals surface area contributed by atoms with Crippen molar-refractivity contribution in [3.05, 3.63) is 51.8 Å². The minimum Gasteiger partial charge on any atom is -0.341 e. The van der Waals surface area contributed by atoms with E-state index in [1.165, 1.54) is 61.4 Å². The number of aryl methyl sites for hydroxylation is 3. The quantitative estimate of drug-likeness (QED) is 0.658. The van der Waals surface area contributed by atoms with Crippen molar-refractivity contribution in [1.29, 1.82) is 0 Å². The third-order valence-corrected chi connectivity index (χ3v) is 5.74.